The highest BCUT2D eigenvalue weighted by atomic mass is 32.1. The molecule has 0 aliphatic rings. The summed E-state index contributed by atoms with van der Waals surface area (Å²) < 4.78 is 39.6. The van der Waals surface area contributed by atoms with Crippen molar-refractivity contribution < 1.29 is 18.0 Å². The van der Waals surface area contributed by atoms with E-state index in [-0.39, 0.29) is 23.5 Å². The first-order chi connectivity index (χ1) is 10.8. The van der Waals surface area contributed by atoms with Gasteiger partial charge < -0.3 is 9.47 Å². The van der Waals surface area contributed by atoms with Crippen LogP contribution >= 0.6 is 11.3 Å². The summed E-state index contributed by atoms with van der Waals surface area (Å²) in [5, 5.41) is 1.65. The van der Waals surface area contributed by atoms with Crippen LogP contribution in [-0.4, -0.2) is 23.2 Å². The van der Waals surface area contributed by atoms with Gasteiger partial charge in [0.05, 0.1) is 0 Å². The minimum absolute atomic E-state index is 0.0637. The first kappa shape index (κ1) is 17.3. The Hall–Kier alpha value is -2.09. The number of hydrogen-bond acceptors (Lipinski definition) is 3. The van der Waals surface area contributed by atoms with Gasteiger partial charge in [0.1, 0.15) is 6.54 Å². The average molecular weight is 344 g/mol. The number of rotatable bonds is 5. The number of alkyl halides is 3. The van der Waals surface area contributed by atoms with Crippen LogP contribution in [0.5, 0.6) is 0 Å². The SMILES string of the molecule is Cc1csc(=O)n1CCC(=O)N(CC(F)(F)F)c1ccccc1. The van der Waals surface area contributed by atoms with Gasteiger partial charge in [-0.15, -0.1) is 0 Å². The predicted octanol–water partition coefficient (Wildman–Crippen LogP) is 3.20. The Labute approximate surface area is 134 Å². The van der Waals surface area contributed by atoms with Gasteiger partial charge in [0.15, 0.2) is 0 Å². The predicted molar refractivity (Wildman–Crippen MR) is 82.8 cm³/mol. The number of halogens is 3. The first-order valence-electron chi connectivity index (χ1n) is 6.85. The van der Waals surface area contributed by atoms with Gasteiger partial charge in [-0.3, -0.25) is 9.59 Å². The molecule has 23 heavy (non-hydrogen) atoms. The number of para-hydroxylation sites is 1. The third-order valence-electron chi connectivity index (χ3n) is 3.23. The third kappa shape index (κ3) is 4.69. The Balaban J connectivity index is 2.15. The molecule has 1 amide bonds. The summed E-state index contributed by atoms with van der Waals surface area (Å²) in [6, 6.07) is 7.70. The molecule has 0 unspecified atom stereocenters. The summed E-state index contributed by atoms with van der Waals surface area (Å²) in [4.78, 5) is 24.3. The molecule has 0 fully saturated rings. The van der Waals surface area contributed by atoms with Crippen LogP contribution in [0.2, 0.25) is 0 Å². The van der Waals surface area contributed by atoms with Crippen molar-refractivity contribution in [2.45, 2.75) is 26.1 Å². The fourth-order valence-corrected chi connectivity index (χ4v) is 2.89. The Bertz CT molecular complexity index is 722. The quantitative estimate of drug-likeness (QED) is 0.836. The van der Waals surface area contributed by atoms with E-state index in [1.54, 1.807) is 30.5 Å². The standard InChI is InChI=1S/C15H15F3N2O2S/c1-11-9-23-14(22)19(11)8-7-13(21)20(10-15(16,17)18)12-5-3-2-4-6-12/h2-6,9H,7-8,10H2,1H3. The smallest absolute Gasteiger partial charge is 0.303 e. The van der Waals surface area contributed by atoms with E-state index in [4.69, 9.17) is 0 Å². The van der Waals surface area contributed by atoms with Crippen LogP contribution < -0.4 is 9.77 Å². The number of anilines is 1. The molecule has 1 aromatic carbocycles. The van der Waals surface area contributed by atoms with E-state index in [1.807, 2.05) is 0 Å². The number of aromatic nitrogens is 1. The molecule has 2 aromatic rings. The van der Waals surface area contributed by atoms with Gasteiger partial charge in [-0.25, -0.2) is 0 Å². The summed E-state index contributed by atoms with van der Waals surface area (Å²) >= 11 is 1.000. The summed E-state index contributed by atoms with van der Waals surface area (Å²) in [7, 11) is 0. The largest absolute Gasteiger partial charge is 0.406 e. The monoisotopic (exact) mass is 344 g/mol. The van der Waals surface area contributed by atoms with Crippen molar-refractivity contribution in [2.24, 2.45) is 0 Å². The second kappa shape index (κ2) is 6.99. The van der Waals surface area contributed by atoms with Crippen molar-refractivity contribution >= 4 is 22.9 Å². The molecular formula is C15H15F3N2O2S. The summed E-state index contributed by atoms with van der Waals surface area (Å²) in [5.41, 5.74) is 0.874. The van der Waals surface area contributed by atoms with Gasteiger partial charge in [0.25, 0.3) is 0 Å². The highest BCUT2D eigenvalue weighted by molar-refractivity contribution is 7.07. The van der Waals surface area contributed by atoms with E-state index < -0.39 is 18.6 Å². The number of nitrogens with zero attached hydrogens (tertiary/aromatic N) is 2. The zero-order valence-corrected chi connectivity index (χ0v) is 13.2. The molecule has 1 aromatic heterocycles. The van der Waals surface area contributed by atoms with Gasteiger partial charge >= 0.3 is 11.0 Å². The topological polar surface area (TPSA) is 42.3 Å². The number of hydrogen-bond donors (Lipinski definition) is 0. The molecule has 124 valence electrons. The Morgan fingerprint density at radius 3 is 2.43 bits per heavy atom. The minimum Gasteiger partial charge on any atom is -0.303 e. The van der Waals surface area contributed by atoms with Crippen molar-refractivity contribution in [1.82, 2.24) is 4.57 Å². The molecule has 1 heterocycles. The van der Waals surface area contributed by atoms with Crippen molar-refractivity contribution in [1.29, 1.82) is 0 Å². The molecular weight excluding hydrogens is 329 g/mol. The first-order valence-corrected chi connectivity index (χ1v) is 7.73. The van der Waals surface area contributed by atoms with Crippen LogP contribution in [0.25, 0.3) is 0 Å². The van der Waals surface area contributed by atoms with Crippen LogP contribution in [0, 0.1) is 6.92 Å². The number of aryl methyl sites for hydroxylation is 1. The summed E-state index contributed by atoms with van der Waals surface area (Å²) in [5.74, 6) is -0.675. The molecule has 0 N–H and O–H groups in total. The van der Waals surface area contributed by atoms with Crippen LogP contribution in [-0.2, 0) is 11.3 Å². The van der Waals surface area contributed by atoms with Gasteiger partial charge in [-0.05, 0) is 19.1 Å². The zero-order valence-electron chi connectivity index (χ0n) is 12.3. The summed E-state index contributed by atoms with van der Waals surface area (Å²) in [6.45, 7) is 0.425. The van der Waals surface area contributed by atoms with Crippen molar-refractivity contribution in [2.75, 3.05) is 11.4 Å². The number of amides is 1. The highest BCUT2D eigenvalue weighted by Gasteiger charge is 2.33. The van der Waals surface area contributed by atoms with E-state index in [9.17, 15) is 22.8 Å². The number of carbonyl (C=O) groups excluding carboxylic acids is 1. The molecule has 0 spiro atoms. The van der Waals surface area contributed by atoms with E-state index in [2.05, 4.69) is 0 Å². The van der Waals surface area contributed by atoms with Gasteiger partial charge in [0, 0.05) is 29.7 Å². The molecule has 0 aliphatic carbocycles. The molecule has 0 atom stereocenters. The van der Waals surface area contributed by atoms with Crippen LogP contribution in [0.3, 0.4) is 0 Å². The lowest BCUT2D eigenvalue weighted by Crippen LogP contribution is -2.39. The third-order valence-corrected chi connectivity index (χ3v) is 4.11. The maximum Gasteiger partial charge on any atom is 0.406 e. The number of thiazole rings is 1. The highest BCUT2D eigenvalue weighted by Crippen LogP contribution is 2.22. The Morgan fingerprint density at radius 2 is 1.91 bits per heavy atom. The van der Waals surface area contributed by atoms with E-state index in [1.165, 1.54) is 16.7 Å². The van der Waals surface area contributed by atoms with Gasteiger partial charge in [0.2, 0.25) is 5.91 Å². The molecule has 8 heteroatoms. The zero-order chi connectivity index (χ0) is 17.0. The van der Waals surface area contributed by atoms with Crippen molar-refractivity contribution in [3.05, 3.63) is 51.1 Å². The molecule has 0 saturated heterocycles. The normalized spacial score (nSPS) is 11.5. The lowest BCUT2D eigenvalue weighted by molar-refractivity contribution is -0.132. The molecule has 0 aliphatic heterocycles. The van der Waals surface area contributed by atoms with E-state index in [0.29, 0.717) is 10.6 Å². The van der Waals surface area contributed by atoms with Gasteiger partial charge in [-0.2, -0.15) is 13.2 Å². The molecule has 0 bridgehead atoms. The minimum atomic E-state index is -4.50. The lowest BCUT2D eigenvalue weighted by atomic mass is 10.2. The number of carbonyl (C=O) groups is 1. The molecule has 0 radical (unpaired) electrons. The lowest BCUT2D eigenvalue weighted by Gasteiger charge is -2.24. The average Bonchev–Trinajstić information content (AvgIpc) is 2.81. The van der Waals surface area contributed by atoms with E-state index in [0.717, 1.165) is 11.3 Å². The Kier molecular flexibility index (Phi) is 5.25. The molecule has 2 rings (SSSR count). The van der Waals surface area contributed by atoms with Crippen molar-refractivity contribution in [3.8, 4) is 0 Å². The second-order valence-electron chi connectivity index (χ2n) is 4.98. The Morgan fingerprint density at radius 1 is 1.26 bits per heavy atom. The van der Waals surface area contributed by atoms with Crippen molar-refractivity contribution in [3.63, 3.8) is 0 Å². The fourth-order valence-electron chi connectivity index (χ4n) is 2.13. The number of benzene rings is 1. The second-order valence-corrected chi connectivity index (χ2v) is 5.80. The van der Waals surface area contributed by atoms with Gasteiger partial charge in [-0.1, -0.05) is 29.5 Å². The molecule has 0 saturated carbocycles. The molecule has 4 nitrogen and oxygen atoms in total. The van der Waals surface area contributed by atoms with Crippen LogP contribution in [0.15, 0.2) is 40.5 Å². The van der Waals surface area contributed by atoms with Crippen LogP contribution in [0.4, 0.5) is 18.9 Å². The maximum atomic E-state index is 12.7. The van der Waals surface area contributed by atoms with E-state index >= 15 is 0 Å². The van der Waals surface area contributed by atoms with Crippen LogP contribution in [0.1, 0.15) is 12.1 Å². The fraction of sp³-hybridized carbons (Fsp3) is 0.333. The summed E-state index contributed by atoms with van der Waals surface area (Å²) in [6.07, 6.45) is -4.68. The maximum absolute atomic E-state index is 12.7.